The van der Waals surface area contributed by atoms with Gasteiger partial charge in [0.05, 0.1) is 11.5 Å². The average molecular weight is 295 g/mol. The van der Waals surface area contributed by atoms with Crippen LogP contribution in [0, 0.1) is 5.92 Å². The summed E-state index contributed by atoms with van der Waals surface area (Å²) in [5.41, 5.74) is 1.31. The summed E-state index contributed by atoms with van der Waals surface area (Å²) in [7, 11) is 0. The molecule has 1 aliphatic rings. The van der Waals surface area contributed by atoms with E-state index in [0.717, 1.165) is 18.8 Å². The summed E-state index contributed by atoms with van der Waals surface area (Å²) < 4.78 is 4.79. The van der Waals surface area contributed by atoms with Crippen molar-refractivity contribution in [3.8, 4) is 0 Å². The Morgan fingerprint density at radius 3 is 2.95 bits per heavy atom. The molecule has 4 nitrogen and oxygen atoms in total. The monoisotopic (exact) mass is 295 g/mol. The van der Waals surface area contributed by atoms with Crippen molar-refractivity contribution in [3.05, 3.63) is 21.4 Å². The van der Waals surface area contributed by atoms with Gasteiger partial charge >= 0.3 is 5.97 Å². The van der Waals surface area contributed by atoms with E-state index >= 15 is 0 Å². The zero-order valence-corrected chi connectivity index (χ0v) is 12.8. The van der Waals surface area contributed by atoms with Crippen LogP contribution in [0.4, 0.5) is 0 Å². The van der Waals surface area contributed by atoms with Crippen LogP contribution in [0.2, 0.25) is 0 Å². The minimum atomic E-state index is -0.395. The predicted molar refractivity (Wildman–Crippen MR) is 79.1 cm³/mol. The molecule has 1 N–H and O–H groups in total. The maximum Gasteiger partial charge on any atom is 0.325 e. The first kappa shape index (κ1) is 15.0. The molecule has 0 aliphatic heterocycles. The number of esters is 1. The van der Waals surface area contributed by atoms with E-state index in [1.807, 2.05) is 6.07 Å². The number of aryl methyl sites for hydroxylation is 1. The third kappa shape index (κ3) is 3.60. The molecule has 110 valence electrons. The molecule has 0 spiro atoms. The lowest BCUT2D eigenvalue weighted by Gasteiger charge is -2.19. The molecule has 1 aromatic heterocycles. The minimum Gasteiger partial charge on any atom is -0.465 e. The highest BCUT2D eigenvalue weighted by Gasteiger charge is 2.22. The number of fused-ring (bicyclic) bond motifs is 1. The summed E-state index contributed by atoms with van der Waals surface area (Å²) in [6.45, 7) is 4.24. The maximum absolute atomic E-state index is 12.0. The quantitative estimate of drug-likeness (QED) is 0.849. The zero-order valence-electron chi connectivity index (χ0n) is 12.0. The number of carbonyl (C=O) groups excluding carboxylic acids is 2. The predicted octanol–water partition coefficient (Wildman–Crippen LogP) is 2.56. The van der Waals surface area contributed by atoms with Crippen LogP contribution in [-0.4, -0.2) is 25.0 Å². The Hall–Kier alpha value is -1.36. The molecule has 0 aromatic carbocycles. The van der Waals surface area contributed by atoms with Crippen molar-refractivity contribution in [1.82, 2.24) is 5.32 Å². The number of ether oxygens (including phenoxy) is 1. The summed E-state index contributed by atoms with van der Waals surface area (Å²) in [5.74, 6) is 0.172. The summed E-state index contributed by atoms with van der Waals surface area (Å²) >= 11 is 1.56. The normalized spacial score (nSPS) is 17.4. The first-order valence-corrected chi connectivity index (χ1v) is 8.01. The Morgan fingerprint density at radius 1 is 1.45 bits per heavy atom. The van der Waals surface area contributed by atoms with Crippen LogP contribution in [0.25, 0.3) is 0 Å². The van der Waals surface area contributed by atoms with Crippen molar-refractivity contribution >= 4 is 23.2 Å². The van der Waals surface area contributed by atoms with Crippen LogP contribution in [0.5, 0.6) is 0 Å². The molecular formula is C15H21NO3S. The Balaban J connectivity index is 1.95. The van der Waals surface area contributed by atoms with E-state index in [2.05, 4.69) is 12.2 Å². The van der Waals surface area contributed by atoms with Gasteiger partial charge in [-0.3, -0.25) is 9.59 Å². The van der Waals surface area contributed by atoms with Crippen LogP contribution in [-0.2, 0) is 22.4 Å². The highest BCUT2D eigenvalue weighted by atomic mass is 32.1. The zero-order chi connectivity index (χ0) is 14.5. The van der Waals surface area contributed by atoms with E-state index in [-0.39, 0.29) is 12.5 Å². The molecule has 1 unspecified atom stereocenters. The van der Waals surface area contributed by atoms with Gasteiger partial charge in [-0.25, -0.2) is 0 Å². The number of hydrogen-bond donors (Lipinski definition) is 1. The number of rotatable bonds is 5. The number of amides is 1. The summed E-state index contributed by atoms with van der Waals surface area (Å²) in [5, 5.41) is 2.61. The van der Waals surface area contributed by atoms with Gasteiger partial charge in [0.15, 0.2) is 0 Å². The van der Waals surface area contributed by atoms with Gasteiger partial charge in [-0.05, 0) is 43.7 Å². The van der Waals surface area contributed by atoms with Gasteiger partial charge in [0, 0.05) is 4.88 Å². The van der Waals surface area contributed by atoms with Gasteiger partial charge in [0.1, 0.15) is 6.54 Å². The van der Waals surface area contributed by atoms with Crippen LogP contribution in [0.15, 0.2) is 6.07 Å². The lowest BCUT2D eigenvalue weighted by Crippen LogP contribution is -2.30. The summed E-state index contributed by atoms with van der Waals surface area (Å²) in [6, 6.07) is 1.99. The van der Waals surface area contributed by atoms with Gasteiger partial charge in [-0.1, -0.05) is 13.3 Å². The third-order valence-electron chi connectivity index (χ3n) is 3.68. The van der Waals surface area contributed by atoms with Gasteiger partial charge in [0.2, 0.25) is 0 Å². The van der Waals surface area contributed by atoms with E-state index < -0.39 is 5.97 Å². The fourth-order valence-corrected chi connectivity index (χ4v) is 3.64. The smallest absolute Gasteiger partial charge is 0.325 e. The second-order valence-electron chi connectivity index (χ2n) is 5.06. The fraction of sp³-hybridized carbons (Fsp3) is 0.600. The van der Waals surface area contributed by atoms with Crippen LogP contribution in [0.3, 0.4) is 0 Å². The molecule has 1 aromatic rings. The average Bonchev–Trinajstić information content (AvgIpc) is 2.87. The maximum atomic E-state index is 12.0. The molecule has 1 aliphatic carbocycles. The molecule has 1 amide bonds. The molecular weight excluding hydrogens is 274 g/mol. The standard InChI is InChI=1S/C15H21NO3S/c1-3-10-5-6-12-11(7-10)8-13(20-12)15(18)16-9-14(17)19-4-2/h8,10H,3-7,9H2,1-2H3,(H,16,18). The lowest BCUT2D eigenvalue weighted by atomic mass is 9.87. The Morgan fingerprint density at radius 2 is 2.25 bits per heavy atom. The van der Waals surface area contributed by atoms with Gasteiger partial charge in [-0.15, -0.1) is 11.3 Å². The van der Waals surface area contributed by atoms with Gasteiger partial charge in [-0.2, -0.15) is 0 Å². The molecule has 0 fully saturated rings. The fourth-order valence-electron chi connectivity index (χ4n) is 2.51. The Bertz CT molecular complexity index is 495. The summed E-state index contributed by atoms with van der Waals surface area (Å²) in [4.78, 5) is 25.3. The van der Waals surface area contributed by atoms with Gasteiger partial charge < -0.3 is 10.1 Å². The van der Waals surface area contributed by atoms with Crippen molar-refractivity contribution in [3.63, 3.8) is 0 Å². The molecule has 1 heterocycles. The van der Waals surface area contributed by atoms with Crippen molar-refractivity contribution in [1.29, 1.82) is 0 Å². The third-order valence-corrected chi connectivity index (χ3v) is 4.92. The van der Waals surface area contributed by atoms with Crippen LogP contribution >= 0.6 is 11.3 Å². The van der Waals surface area contributed by atoms with Crippen molar-refractivity contribution in [2.75, 3.05) is 13.2 Å². The highest BCUT2D eigenvalue weighted by Crippen LogP contribution is 2.33. The number of nitrogens with one attached hydrogen (secondary N) is 1. The lowest BCUT2D eigenvalue weighted by molar-refractivity contribution is -0.141. The molecule has 1 atom stereocenters. The van der Waals surface area contributed by atoms with E-state index in [4.69, 9.17) is 4.74 Å². The largest absolute Gasteiger partial charge is 0.465 e. The molecule has 20 heavy (non-hydrogen) atoms. The van der Waals surface area contributed by atoms with E-state index in [0.29, 0.717) is 11.5 Å². The van der Waals surface area contributed by atoms with Gasteiger partial charge in [0.25, 0.3) is 5.91 Å². The van der Waals surface area contributed by atoms with E-state index in [9.17, 15) is 9.59 Å². The number of carbonyl (C=O) groups is 2. The molecule has 0 saturated heterocycles. The first-order chi connectivity index (χ1) is 9.63. The van der Waals surface area contributed by atoms with Crippen molar-refractivity contribution in [2.45, 2.75) is 39.5 Å². The summed E-state index contributed by atoms with van der Waals surface area (Å²) in [6.07, 6.45) is 4.56. The molecule has 0 saturated carbocycles. The van der Waals surface area contributed by atoms with Crippen LogP contribution in [0.1, 0.15) is 46.8 Å². The topological polar surface area (TPSA) is 55.4 Å². The SMILES string of the molecule is CCOC(=O)CNC(=O)c1cc2c(s1)CCC(CC)C2. The second kappa shape index (κ2) is 6.88. The van der Waals surface area contributed by atoms with Crippen molar-refractivity contribution in [2.24, 2.45) is 5.92 Å². The molecule has 0 bridgehead atoms. The van der Waals surface area contributed by atoms with Crippen molar-refractivity contribution < 1.29 is 14.3 Å². The number of hydrogen-bond acceptors (Lipinski definition) is 4. The Kier molecular flexibility index (Phi) is 5.17. The molecule has 2 rings (SSSR count). The second-order valence-corrected chi connectivity index (χ2v) is 6.20. The van der Waals surface area contributed by atoms with E-state index in [1.165, 1.54) is 23.3 Å². The highest BCUT2D eigenvalue weighted by molar-refractivity contribution is 7.14. The molecule has 0 radical (unpaired) electrons. The van der Waals surface area contributed by atoms with E-state index in [1.54, 1.807) is 18.3 Å². The molecule has 5 heteroatoms. The first-order valence-electron chi connectivity index (χ1n) is 7.19. The number of thiophene rings is 1. The minimum absolute atomic E-state index is 0.0627. The van der Waals surface area contributed by atoms with Crippen LogP contribution < -0.4 is 5.32 Å². The Labute approximate surface area is 123 Å².